The van der Waals surface area contributed by atoms with Crippen LogP contribution in [-0.4, -0.2) is 24.3 Å². The molecule has 0 radical (unpaired) electrons. The number of aromatic amines is 1. The van der Waals surface area contributed by atoms with Crippen LogP contribution in [0.1, 0.15) is 11.1 Å². The molecule has 30 heavy (non-hydrogen) atoms. The van der Waals surface area contributed by atoms with Crippen molar-refractivity contribution in [2.24, 2.45) is 5.73 Å². The molecule has 2 heterocycles. The third-order valence-electron chi connectivity index (χ3n) is 4.51. The number of amides is 1. The van der Waals surface area contributed by atoms with Gasteiger partial charge in [0.25, 0.3) is 10.0 Å². The van der Waals surface area contributed by atoms with E-state index in [0.717, 1.165) is 5.39 Å². The molecule has 0 bridgehead atoms. The van der Waals surface area contributed by atoms with Crippen molar-refractivity contribution < 1.29 is 13.2 Å². The summed E-state index contributed by atoms with van der Waals surface area (Å²) in [4.78, 5) is 19.5. The lowest BCUT2D eigenvalue weighted by atomic mass is 10.0. The standard InChI is InChI=1S/C22H18N4O3S/c23-21(27)19(15-7-3-1-4-8-15)13-16-14-24-22-18(16)11-12-20(25-22)26-30(28,29)17-9-5-2-6-10-17/h1-14H,(H2,23,27)(H2,24,25,26). The zero-order chi connectivity index (χ0) is 21.1. The van der Waals surface area contributed by atoms with Gasteiger partial charge >= 0.3 is 0 Å². The number of hydrogen-bond donors (Lipinski definition) is 3. The van der Waals surface area contributed by atoms with Crippen LogP contribution in [0.25, 0.3) is 22.7 Å². The number of rotatable bonds is 6. The van der Waals surface area contributed by atoms with E-state index in [1.54, 1.807) is 54.7 Å². The molecule has 4 N–H and O–H groups in total. The Hall–Kier alpha value is -3.91. The van der Waals surface area contributed by atoms with E-state index >= 15 is 0 Å². The topological polar surface area (TPSA) is 118 Å². The smallest absolute Gasteiger partial charge is 0.263 e. The maximum absolute atomic E-state index is 12.5. The Morgan fingerprint density at radius 1 is 0.967 bits per heavy atom. The van der Waals surface area contributed by atoms with E-state index in [1.165, 1.54) is 12.1 Å². The van der Waals surface area contributed by atoms with Crippen molar-refractivity contribution in [1.29, 1.82) is 0 Å². The molecule has 1 amide bonds. The third-order valence-corrected chi connectivity index (χ3v) is 5.88. The van der Waals surface area contributed by atoms with Crippen LogP contribution in [0.15, 0.2) is 83.9 Å². The van der Waals surface area contributed by atoms with Gasteiger partial charge in [-0.1, -0.05) is 48.5 Å². The number of H-pyrrole nitrogens is 1. The summed E-state index contributed by atoms with van der Waals surface area (Å²) in [7, 11) is -3.74. The second-order valence-corrected chi connectivity index (χ2v) is 8.23. The maximum Gasteiger partial charge on any atom is 0.263 e. The van der Waals surface area contributed by atoms with Gasteiger partial charge in [0, 0.05) is 22.7 Å². The number of nitrogens with two attached hydrogens (primary N) is 1. The molecule has 0 aliphatic heterocycles. The summed E-state index contributed by atoms with van der Waals surface area (Å²) < 4.78 is 27.5. The number of anilines is 1. The van der Waals surface area contributed by atoms with Gasteiger partial charge in [0.15, 0.2) is 0 Å². The average Bonchev–Trinajstić information content (AvgIpc) is 3.14. The Labute approximate surface area is 173 Å². The number of nitrogens with zero attached hydrogens (tertiary/aromatic N) is 1. The number of hydrogen-bond acceptors (Lipinski definition) is 4. The van der Waals surface area contributed by atoms with Crippen LogP contribution in [0.3, 0.4) is 0 Å². The monoisotopic (exact) mass is 418 g/mol. The van der Waals surface area contributed by atoms with Gasteiger partial charge in [0.05, 0.1) is 4.90 Å². The Morgan fingerprint density at radius 2 is 1.63 bits per heavy atom. The first-order valence-electron chi connectivity index (χ1n) is 9.07. The molecule has 0 aliphatic carbocycles. The second kappa shape index (κ2) is 7.84. The van der Waals surface area contributed by atoms with Crippen LogP contribution >= 0.6 is 0 Å². The fourth-order valence-corrected chi connectivity index (χ4v) is 4.09. The molecule has 4 aromatic rings. The maximum atomic E-state index is 12.5. The predicted molar refractivity (Wildman–Crippen MR) is 117 cm³/mol. The highest BCUT2D eigenvalue weighted by Crippen LogP contribution is 2.25. The molecule has 150 valence electrons. The minimum atomic E-state index is -3.74. The van der Waals surface area contributed by atoms with Gasteiger partial charge in [-0.15, -0.1) is 0 Å². The zero-order valence-electron chi connectivity index (χ0n) is 15.7. The molecule has 2 aromatic heterocycles. The molecule has 0 aliphatic rings. The van der Waals surface area contributed by atoms with Crippen LogP contribution in [0.2, 0.25) is 0 Å². The van der Waals surface area contributed by atoms with Gasteiger partial charge in [-0.25, -0.2) is 13.4 Å². The molecular formula is C22H18N4O3S. The first kappa shape index (κ1) is 19.4. The van der Waals surface area contributed by atoms with E-state index in [-0.39, 0.29) is 10.7 Å². The van der Waals surface area contributed by atoms with Crippen molar-refractivity contribution >= 4 is 44.4 Å². The minimum Gasteiger partial charge on any atom is -0.366 e. The molecular weight excluding hydrogens is 400 g/mol. The van der Waals surface area contributed by atoms with Crippen molar-refractivity contribution in [2.45, 2.75) is 4.90 Å². The van der Waals surface area contributed by atoms with E-state index in [2.05, 4.69) is 14.7 Å². The summed E-state index contributed by atoms with van der Waals surface area (Å²) in [5, 5.41) is 0.729. The summed E-state index contributed by atoms with van der Waals surface area (Å²) in [5.41, 5.74) is 7.84. The number of nitrogens with one attached hydrogen (secondary N) is 2. The number of primary amides is 1. The normalized spacial score (nSPS) is 12.1. The molecule has 4 rings (SSSR count). The van der Waals surface area contributed by atoms with Gasteiger partial charge in [-0.3, -0.25) is 9.52 Å². The summed E-state index contributed by atoms with van der Waals surface area (Å²) in [6, 6.07) is 20.5. The van der Waals surface area contributed by atoms with Gasteiger partial charge in [-0.2, -0.15) is 0 Å². The Kier molecular flexibility index (Phi) is 5.07. The van der Waals surface area contributed by atoms with E-state index in [9.17, 15) is 13.2 Å². The summed E-state index contributed by atoms with van der Waals surface area (Å²) >= 11 is 0. The quantitative estimate of drug-likeness (QED) is 0.416. The van der Waals surface area contributed by atoms with Gasteiger partial charge in [0.1, 0.15) is 11.5 Å². The van der Waals surface area contributed by atoms with Crippen LogP contribution < -0.4 is 10.5 Å². The van der Waals surface area contributed by atoms with Crippen LogP contribution in [-0.2, 0) is 14.8 Å². The molecule has 0 atom stereocenters. The average molecular weight is 418 g/mol. The summed E-state index contributed by atoms with van der Waals surface area (Å²) in [6.07, 6.45) is 3.38. The number of sulfonamides is 1. The number of benzene rings is 2. The fourth-order valence-electron chi connectivity index (χ4n) is 3.07. The van der Waals surface area contributed by atoms with Gasteiger partial charge in [-0.05, 0) is 35.9 Å². The highest BCUT2D eigenvalue weighted by atomic mass is 32.2. The van der Waals surface area contributed by atoms with Crippen LogP contribution in [0, 0.1) is 0 Å². The van der Waals surface area contributed by atoms with Crippen LogP contribution in [0.5, 0.6) is 0 Å². The highest BCUT2D eigenvalue weighted by Gasteiger charge is 2.15. The Bertz CT molecular complexity index is 1350. The lowest BCUT2D eigenvalue weighted by Gasteiger charge is -2.07. The van der Waals surface area contributed by atoms with Gasteiger partial charge < -0.3 is 10.7 Å². The lowest BCUT2D eigenvalue weighted by molar-refractivity contribution is -0.112. The van der Waals surface area contributed by atoms with Crippen LogP contribution in [0.4, 0.5) is 5.82 Å². The van der Waals surface area contributed by atoms with Crippen molar-refractivity contribution in [3.63, 3.8) is 0 Å². The van der Waals surface area contributed by atoms with E-state index in [1.807, 2.05) is 18.2 Å². The molecule has 8 heteroatoms. The van der Waals surface area contributed by atoms with Crippen molar-refractivity contribution in [2.75, 3.05) is 4.72 Å². The second-order valence-electron chi connectivity index (χ2n) is 6.54. The predicted octanol–water partition coefficient (Wildman–Crippen LogP) is 3.39. The number of aromatic nitrogens is 2. The fraction of sp³-hybridized carbons (Fsp3) is 0. The minimum absolute atomic E-state index is 0.149. The SMILES string of the molecule is NC(=O)C(=Cc1c[nH]c2nc(NS(=O)(=O)c3ccccc3)ccc12)c1ccccc1. The zero-order valence-corrected chi connectivity index (χ0v) is 16.6. The first-order valence-corrected chi connectivity index (χ1v) is 10.6. The largest absolute Gasteiger partial charge is 0.366 e. The molecule has 0 spiro atoms. The molecule has 0 saturated heterocycles. The Balaban J connectivity index is 1.68. The van der Waals surface area contributed by atoms with Crippen molar-refractivity contribution in [3.8, 4) is 0 Å². The van der Waals surface area contributed by atoms with Crippen molar-refractivity contribution in [3.05, 3.63) is 90.1 Å². The molecule has 7 nitrogen and oxygen atoms in total. The summed E-state index contributed by atoms with van der Waals surface area (Å²) in [5.74, 6) is -0.363. The molecule has 0 saturated carbocycles. The van der Waals surface area contributed by atoms with E-state index in [0.29, 0.717) is 22.3 Å². The molecule has 0 unspecified atom stereocenters. The first-order chi connectivity index (χ1) is 14.4. The molecule has 2 aromatic carbocycles. The Morgan fingerprint density at radius 3 is 2.30 bits per heavy atom. The van der Waals surface area contributed by atoms with Gasteiger partial charge in [0.2, 0.25) is 5.91 Å². The number of carbonyl (C=O) groups excluding carboxylic acids is 1. The summed E-state index contributed by atoms with van der Waals surface area (Å²) in [6.45, 7) is 0. The number of pyridine rings is 1. The lowest BCUT2D eigenvalue weighted by Crippen LogP contribution is -2.13. The van der Waals surface area contributed by atoms with Crippen molar-refractivity contribution in [1.82, 2.24) is 9.97 Å². The van der Waals surface area contributed by atoms with E-state index in [4.69, 9.17) is 5.73 Å². The van der Waals surface area contributed by atoms with E-state index < -0.39 is 15.9 Å². The number of fused-ring (bicyclic) bond motifs is 1. The molecule has 0 fully saturated rings. The third kappa shape index (κ3) is 3.94. The number of carbonyl (C=O) groups is 1. The highest BCUT2D eigenvalue weighted by molar-refractivity contribution is 7.92.